The molecule has 1 saturated heterocycles. The Morgan fingerprint density at radius 2 is 1.80 bits per heavy atom. The Balaban J connectivity index is 0.00000225. The van der Waals surface area contributed by atoms with Gasteiger partial charge in [0, 0.05) is 10.6 Å². The van der Waals surface area contributed by atoms with Crippen LogP contribution in [0.5, 0.6) is 0 Å². The quantitative estimate of drug-likeness (QED) is 0.794. The van der Waals surface area contributed by atoms with Crippen LogP contribution in [0.2, 0.25) is 0 Å². The summed E-state index contributed by atoms with van der Waals surface area (Å²) < 4.78 is 5.51. The summed E-state index contributed by atoms with van der Waals surface area (Å²) in [5.41, 5.74) is 1.16. The van der Waals surface area contributed by atoms with Gasteiger partial charge in [-0.15, -0.1) is 23.7 Å². The molecule has 2 N–H and O–H groups in total. The fourth-order valence-electron chi connectivity index (χ4n) is 2.57. The van der Waals surface area contributed by atoms with E-state index in [1.165, 1.54) is 11.3 Å². The molecular weight excluding hydrogens is 360 g/mol. The lowest BCUT2D eigenvalue weighted by Crippen LogP contribution is -2.33. The number of thiophene rings is 1. The first-order valence-corrected chi connectivity index (χ1v) is 8.83. The second-order valence-corrected chi connectivity index (χ2v) is 7.08. The average Bonchev–Trinajstić information content (AvgIpc) is 3.03. The minimum atomic E-state index is -0.311. The van der Waals surface area contributed by atoms with Crippen molar-refractivity contribution in [1.29, 1.82) is 0 Å². The summed E-state index contributed by atoms with van der Waals surface area (Å²) in [5, 5.41) is 6.07. The van der Waals surface area contributed by atoms with Crippen LogP contribution in [0.25, 0.3) is 0 Å². The number of nitrogens with one attached hydrogen (secondary N) is 2. The van der Waals surface area contributed by atoms with Gasteiger partial charge in [-0.2, -0.15) is 0 Å². The molecule has 134 valence electrons. The number of esters is 1. The molecule has 1 amide bonds. The third-order valence-corrected chi connectivity index (χ3v) is 4.90. The van der Waals surface area contributed by atoms with E-state index in [9.17, 15) is 9.59 Å². The molecule has 1 aromatic carbocycles. The first-order chi connectivity index (χ1) is 11.6. The van der Waals surface area contributed by atoms with Crippen molar-refractivity contribution in [3.63, 3.8) is 0 Å². The molecule has 0 radical (unpaired) electrons. The number of halogens is 1. The smallest absolute Gasteiger partial charge is 0.338 e. The predicted molar refractivity (Wildman–Crippen MR) is 102 cm³/mol. The van der Waals surface area contributed by atoms with Crippen molar-refractivity contribution < 1.29 is 14.3 Å². The predicted octanol–water partition coefficient (Wildman–Crippen LogP) is 3.64. The summed E-state index contributed by atoms with van der Waals surface area (Å²) in [7, 11) is 0. The molecule has 5 nitrogen and oxygen atoms in total. The topological polar surface area (TPSA) is 67.4 Å². The Bertz CT molecular complexity index is 724. The zero-order chi connectivity index (χ0) is 16.9. The van der Waals surface area contributed by atoms with E-state index in [2.05, 4.69) is 10.6 Å². The van der Waals surface area contributed by atoms with Crippen molar-refractivity contribution in [2.24, 2.45) is 0 Å². The van der Waals surface area contributed by atoms with Crippen molar-refractivity contribution >= 4 is 41.3 Å². The van der Waals surface area contributed by atoms with Gasteiger partial charge in [0.2, 0.25) is 0 Å². The van der Waals surface area contributed by atoms with Crippen LogP contribution in [0.1, 0.15) is 37.7 Å². The van der Waals surface area contributed by atoms with Crippen molar-refractivity contribution in [3.8, 4) is 0 Å². The second-order valence-electron chi connectivity index (χ2n) is 5.80. The standard InChI is InChI=1S/C18H20N2O3S.ClH/c1-12-2-7-16(24-12)17(21)20-14-5-3-13(4-6-14)18(22)23-15-8-10-19-11-9-15;/h2-7,15,19H,8-11H2,1H3,(H,20,21);1H. The number of hydrogen-bond donors (Lipinski definition) is 2. The number of rotatable bonds is 4. The number of aryl methyl sites for hydroxylation is 1. The summed E-state index contributed by atoms with van der Waals surface area (Å²) in [6.07, 6.45) is 1.68. The van der Waals surface area contributed by atoms with Gasteiger partial charge < -0.3 is 15.4 Å². The highest BCUT2D eigenvalue weighted by Gasteiger charge is 2.18. The largest absolute Gasteiger partial charge is 0.459 e. The number of carbonyl (C=O) groups excluding carboxylic acids is 2. The molecule has 1 fully saturated rings. The summed E-state index contributed by atoms with van der Waals surface area (Å²) >= 11 is 1.45. The van der Waals surface area contributed by atoms with Crippen LogP contribution in [0.15, 0.2) is 36.4 Å². The number of anilines is 1. The number of piperidine rings is 1. The van der Waals surface area contributed by atoms with Gasteiger partial charge in [-0.05, 0) is 69.3 Å². The summed E-state index contributed by atoms with van der Waals surface area (Å²) in [6.45, 7) is 3.72. The summed E-state index contributed by atoms with van der Waals surface area (Å²) in [4.78, 5) is 26.0. The van der Waals surface area contributed by atoms with Crippen molar-refractivity contribution in [1.82, 2.24) is 5.32 Å². The lowest BCUT2D eigenvalue weighted by atomic mass is 10.1. The van der Waals surface area contributed by atoms with Crippen LogP contribution in [-0.4, -0.2) is 31.1 Å². The number of amides is 1. The Morgan fingerprint density at radius 1 is 1.12 bits per heavy atom. The molecule has 1 aromatic heterocycles. The number of ether oxygens (including phenoxy) is 1. The minimum absolute atomic E-state index is 0. The van der Waals surface area contributed by atoms with E-state index in [0.29, 0.717) is 16.1 Å². The summed E-state index contributed by atoms with van der Waals surface area (Å²) in [5.74, 6) is -0.452. The lowest BCUT2D eigenvalue weighted by molar-refractivity contribution is 0.0229. The Kier molecular flexibility index (Phi) is 6.99. The molecule has 0 bridgehead atoms. The fourth-order valence-corrected chi connectivity index (χ4v) is 3.33. The van der Waals surface area contributed by atoms with Crippen LogP contribution in [0.3, 0.4) is 0 Å². The maximum Gasteiger partial charge on any atom is 0.338 e. The highest BCUT2D eigenvalue weighted by molar-refractivity contribution is 7.14. The van der Waals surface area contributed by atoms with Crippen molar-refractivity contribution in [3.05, 3.63) is 51.7 Å². The van der Waals surface area contributed by atoms with Gasteiger partial charge in [0.05, 0.1) is 10.4 Å². The number of carbonyl (C=O) groups is 2. The van der Waals surface area contributed by atoms with Gasteiger partial charge in [-0.3, -0.25) is 4.79 Å². The first kappa shape index (κ1) is 19.4. The molecule has 0 unspecified atom stereocenters. The third kappa shape index (κ3) is 5.29. The lowest BCUT2D eigenvalue weighted by Gasteiger charge is -2.22. The Labute approximate surface area is 157 Å². The van der Waals surface area contributed by atoms with Crippen molar-refractivity contribution in [2.45, 2.75) is 25.9 Å². The molecule has 7 heteroatoms. The first-order valence-electron chi connectivity index (χ1n) is 8.01. The normalized spacial score (nSPS) is 14.4. The minimum Gasteiger partial charge on any atom is -0.459 e. The monoisotopic (exact) mass is 380 g/mol. The van der Waals surface area contributed by atoms with Gasteiger partial charge in [-0.1, -0.05) is 0 Å². The highest BCUT2D eigenvalue weighted by Crippen LogP contribution is 2.18. The van der Waals surface area contributed by atoms with Crippen LogP contribution in [0.4, 0.5) is 5.69 Å². The molecule has 1 aliphatic rings. The zero-order valence-corrected chi connectivity index (χ0v) is 15.5. The van der Waals surface area contributed by atoms with E-state index >= 15 is 0 Å². The zero-order valence-electron chi connectivity index (χ0n) is 13.9. The van der Waals surface area contributed by atoms with Gasteiger partial charge in [0.15, 0.2) is 0 Å². The van der Waals surface area contributed by atoms with E-state index in [-0.39, 0.29) is 30.4 Å². The van der Waals surface area contributed by atoms with Crippen LogP contribution in [0, 0.1) is 6.92 Å². The average molecular weight is 381 g/mol. The molecule has 0 aliphatic carbocycles. The molecule has 2 heterocycles. The highest BCUT2D eigenvalue weighted by atomic mass is 35.5. The van der Waals surface area contributed by atoms with Crippen LogP contribution in [-0.2, 0) is 4.74 Å². The second kappa shape index (κ2) is 8.99. The number of benzene rings is 1. The molecule has 0 atom stereocenters. The Morgan fingerprint density at radius 3 is 2.40 bits per heavy atom. The molecule has 25 heavy (non-hydrogen) atoms. The van der Waals surface area contributed by atoms with E-state index in [1.807, 2.05) is 13.0 Å². The Hall–Kier alpha value is -1.89. The molecule has 0 saturated carbocycles. The van der Waals surface area contributed by atoms with E-state index < -0.39 is 0 Å². The van der Waals surface area contributed by atoms with Gasteiger partial charge in [-0.25, -0.2) is 4.79 Å². The summed E-state index contributed by atoms with van der Waals surface area (Å²) in [6, 6.07) is 10.5. The van der Waals surface area contributed by atoms with E-state index in [0.717, 1.165) is 30.8 Å². The maximum atomic E-state index is 12.1. The molecule has 2 aromatic rings. The van der Waals surface area contributed by atoms with E-state index in [4.69, 9.17) is 4.74 Å². The SMILES string of the molecule is Cc1ccc(C(=O)Nc2ccc(C(=O)OC3CCNCC3)cc2)s1.Cl. The van der Waals surface area contributed by atoms with Crippen LogP contribution < -0.4 is 10.6 Å². The molecular formula is C18H21ClN2O3S. The molecule has 0 spiro atoms. The van der Waals surface area contributed by atoms with E-state index in [1.54, 1.807) is 30.3 Å². The fraction of sp³-hybridized carbons (Fsp3) is 0.333. The van der Waals surface area contributed by atoms with Gasteiger partial charge in [0.25, 0.3) is 5.91 Å². The van der Waals surface area contributed by atoms with Gasteiger partial charge in [0.1, 0.15) is 6.10 Å². The molecule has 3 rings (SSSR count). The maximum absolute atomic E-state index is 12.1. The van der Waals surface area contributed by atoms with Crippen molar-refractivity contribution in [2.75, 3.05) is 18.4 Å². The molecule has 1 aliphatic heterocycles. The van der Waals surface area contributed by atoms with Crippen LogP contribution >= 0.6 is 23.7 Å². The number of hydrogen-bond acceptors (Lipinski definition) is 5. The van der Waals surface area contributed by atoms with Gasteiger partial charge >= 0.3 is 5.97 Å². The third-order valence-electron chi connectivity index (χ3n) is 3.90.